The summed E-state index contributed by atoms with van der Waals surface area (Å²) in [4.78, 5) is 18.2. The molecule has 3 aromatic heterocycles. The molecule has 274 valence electrons. The van der Waals surface area contributed by atoms with Crippen molar-refractivity contribution in [1.82, 2.24) is 19.9 Å². The molecule has 2 saturated carbocycles. The van der Waals surface area contributed by atoms with Gasteiger partial charge in [0.15, 0.2) is 11.5 Å². The molecule has 0 unspecified atom stereocenters. The molecular weight excluding hydrogens is 665 g/mol. The molecule has 4 aliphatic rings. The van der Waals surface area contributed by atoms with E-state index >= 15 is 0 Å². The molecule has 2 fully saturated rings. The molecule has 2 aliphatic carbocycles. The van der Waals surface area contributed by atoms with E-state index in [0.717, 1.165) is 103 Å². The topological polar surface area (TPSA) is 75.8 Å². The summed E-state index contributed by atoms with van der Waals surface area (Å²) >= 11 is 0. The number of hydrogen-bond donors (Lipinski definition) is 2. The van der Waals surface area contributed by atoms with Crippen LogP contribution in [0.2, 0.25) is 0 Å². The monoisotopic (exact) mass is 714 g/mol. The number of nitrogens with one attached hydrogen (secondary N) is 2. The van der Waals surface area contributed by atoms with Crippen LogP contribution in [0.1, 0.15) is 99.8 Å². The molecule has 0 saturated heterocycles. The molecule has 2 aliphatic heterocycles. The summed E-state index contributed by atoms with van der Waals surface area (Å²) in [7, 11) is 0. The van der Waals surface area contributed by atoms with Crippen molar-refractivity contribution in [2.24, 2.45) is 11.8 Å². The van der Waals surface area contributed by atoms with Gasteiger partial charge in [-0.1, -0.05) is 125 Å². The number of fused-ring (bicyclic) bond motifs is 8. The standard InChI is InChI=1S/C48H50N4O2/c1-5-13-33(14-6-1)29-31-53-47-41-25-21-37(49-41)45(35-17-9-3-10-18-35)39-23-27-43(51-39)48(54-32-30-34-15-7-2-8-16-34)44-28-24-40(52-44)46(36-19-11-4-12-20-36)38-22-26-42(47)50-38/h3-4,9-12,17-28,33-34,49,52H,1-2,5-8,13-16,29-32H2. The Morgan fingerprint density at radius 1 is 0.444 bits per heavy atom. The predicted octanol–water partition coefficient (Wildman–Crippen LogP) is 12.7. The molecule has 2 N–H and O–H groups in total. The number of ether oxygens (including phenoxy) is 2. The summed E-state index contributed by atoms with van der Waals surface area (Å²) in [6.07, 6.45) is 23.8. The summed E-state index contributed by atoms with van der Waals surface area (Å²) < 4.78 is 13.6. The predicted molar refractivity (Wildman–Crippen MR) is 223 cm³/mol. The average molecular weight is 715 g/mol. The Kier molecular flexibility index (Phi) is 10.2. The van der Waals surface area contributed by atoms with Crippen LogP contribution in [0.3, 0.4) is 0 Å². The minimum Gasteiger partial charge on any atom is -0.489 e. The Bertz CT molecular complexity index is 2140. The lowest BCUT2D eigenvalue weighted by Gasteiger charge is -2.21. The lowest BCUT2D eigenvalue weighted by molar-refractivity contribution is 0.247. The van der Waals surface area contributed by atoms with E-state index in [1.807, 2.05) is 0 Å². The minimum atomic E-state index is 0.661. The maximum Gasteiger partial charge on any atom is 0.168 e. The second-order valence-electron chi connectivity index (χ2n) is 15.4. The maximum absolute atomic E-state index is 6.78. The summed E-state index contributed by atoms with van der Waals surface area (Å²) in [5.41, 5.74) is 11.5. The van der Waals surface area contributed by atoms with Crippen molar-refractivity contribution in [3.8, 4) is 33.8 Å². The van der Waals surface area contributed by atoms with Crippen LogP contribution in [0, 0.1) is 11.8 Å². The first-order valence-electron chi connectivity index (χ1n) is 20.3. The smallest absolute Gasteiger partial charge is 0.168 e. The fourth-order valence-electron chi connectivity index (χ4n) is 8.88. The molecule has 9 rings (SSSR count). The van der Waals surface area contributed by atoms with Gasteiger partial charge < -0.3 is 19.4 Å². The minimum absolute atomic E-state index is 0.661. The largest absolute Gasteiger partial charge is 0.489 e. The third kappa shape index (κ3) is 7.39. The van der Waals surface area contributed by atoms with Crippen LogP contribution in [0.25, 0.3) is 68.6 Å². The second-order valence-corrected chi connectivity index (χ2v) is 15.4. The highest BCUT2D eigenvalue weighted by atomic mass is 16.5. The Morgan fingerprint density at radius 2 is 0.833 bits per heavy atom. The van der Waals surface area contributed by atoms with Crippen LogP contribution in [0.4, 0.5) is 0 Å². The van der Waals surface area contributed by atoms with Gasteiger partial charge in [0.25, 0.3) is 0 Å². The van der Waals surface area contributed by atoms with Crippen molar-refractivity contribution >= 4 is 46.4 Å². The Labute approximate surface area is 318 Å². The molecule has 6 nitrogen and oxygen atoms in total. The summed E-state index contributed by atoms with van der Waals surface area (Å²) in [6.45, 7) is 1.32. The first kappa shape index (κ1) is 34.4. The number of hydrogen-bond acceptors (Lipinski definition) is 4. The first-order valence-corrected chi connectivity index (χ1v) is 20.3. The third-order valence-electron chi connectivity index (χ3n) is 11.8. The molecule has 8 bridgehead atoms. The van der Waals surface area contributed by atoms with Crippen LogP contribution < -0.4 is 9.47 Å². The van der Waals surface area contributed by atoms with Gasteiger partial charge in [-0.3, -0.25) is 0 Å². The van der Waals surface area contributed by atoms with Crippen molar-refractivity contribution in [3.63, 3.8) is 0 Å². The Morgan fingerprint density at radius 3 is 1.26 bits per heavy atom. The summed E-state index contributed by atoms with van der Waals surface area (Å²) in [5, 5.41) is 0. The quantitative estimate of drug-likeness (QED) is 0.148. The van der Waals surface area contributed by atoms with Crippen molar-refractivity contribution in [1.29, 1.82) is 0 Å². The number of benzene rings is 2. The van der Waals surface area contributed by atoms with Gasteiger partial charge in [0, 0.05) is 22.2 Å². The van der Waals surface area contributed by atoms with Crippen molar-refractivity contribution in [2.45, 2.75) is 77.0 Å². The zero-order chi connectivity index (χ0) is 36.1. The van der Waals surface area contributed by atoms with Crippen LogP contribution in [0.15, 0.2) is 84.9 Å². The molecule has 6 heteroatoms. The van der Waals surface area contributed by atoms with Gasteiger partial charge in [-0.2, -0.15) is 0 Å². The summed E-state index contributed by atoms with van der Waals surface area (Å²) in [6, 6.07) is 29.7. The lowest BCUT2D eigenvalue weighted by atomic mass is 9.87. The van der Waals surface area contributed by atoms with Gasteiger partial charge in [-0.05, 0) is 84.4 Å². The number of rotatable bonds is 10. The Hall–Kier alpha value is -5.36. The molecule has 0 atom stereocenters. The lowest BCUT2D eigenvalue weighted by Crippen LogP contribution is -2.11. The van der Waals surface area contributed by atoms with Gasteiger partial charge in [0.1, 0.15) is 11.4 Å². The number of aromatic nitrogens is 4. The zero-order valence-electron chi connectivity index (χ0n) is 31.2. The van der Waals surface area contributed by atoms with Crippen LogP contribution in [-0.4, -0.2) is 33.1 Å². The van der Waals surface area contributed by atoms with Crippen LogP contribution >= 0.6 is 0 Å². The highest BCUT2D eigenvalue weighted by molar-refractivity contribution is 5.95. The maximum atomic E-state index is 6.78. The van der Waals surface area contributed by atoms with E-state index in [0.29, 0.717) is 13.2 Å². The van der Waals surface area contributed by atoms with E-state index < -0.39 is 0 Å². The van der Waals surface area contributed by atoms with Gasteiger partial charge >= 0.3 is 0 Å². The van der Waals surface area contributed by atoms with Gasteiger partial charge in [0.2, 0.25) is 0 Å². The SMILES string of the molecule is C1=Cc2nc1c(OCCC1CCCCC1)c1ccc([nH]1)c(-c1ccccc1)c1nc(c(OCCC3CCCCC3)c3ccc([nH]3)c2-c2ccccc2)C=C1. The van der Waals surface area contributed by atoms with E-state index in [1.165, 1.54) is 64.2 Å². The van der Waals surface area contributed by atoms with Gasteiger partial charge in [-0.15, -0.1) is 0 Å². The molecule has 0 spiro atoms. The molecule has 5 aromatic rings. The van der Waals surface area contributed by atoms with Crippen LogP contribution in [-0.2, 0) is 0 Å². The van der Waals surface area contributed by atoms with Crippen LogP contribution in [0.5, 0.6) is 11.5 Å². The number of nitrogens with zero attached hydrogens (tertiary/aromatic N) is 2. The number of aromatic amines is 2. The molecule has 0 radical (unpaired) electrons. The van der Waals surface area contributed by atoms with Crippen molar-refractivity contribution in [3.05, 3.63) is 108 Å². The van der Waals surface area contributed by atoms with E-state index in [4.69, 9.17) is 19.4 Å². The van der Waals surface area contributed by atoms with Gasteiger partial charge in [-0.25, -0.2) is 9.97 Å². The van der Waals surface area contributed by atoms with E-state index in [1.54, 1.807) is 0 Å². The molecule has 5 heterocycles. The molecule has 54 heavy (non-hydrogen) atoms. The van der Waals surface area contributed by atoms with E-state index in [9.17, 15) is 0 Å². The number of H-pyrrole nitrogens is 2. The molecule has 2 aromatic carbocycles. The van der Waals surface area contributed by atoms with Gasteiger partial charge in [0.05, 0.1) is 35.6 Å². The van der Waals surface area contributed by atoms with Crippen molar-refractivity contribution < 1.29 is 9.47 Å². The van der Waals surface area contributed by atoms with E-state index in [2.05, 4.69) is 119 Å². The average Bonchev–Trinajstić information content (AvgIpc) is 4.07. The normalized spacial score (nSPS) is 16.1. The van der Waals surface area contributed by atoms with Crippen molar-refractivity contribution in [2.75, 3.05) is 13.2 Å². The summed E-state index contributed by atoms with van der Waals surface area (Å²) in [5.74, 6) is 3.00. The zero-order valence-corrected chi connectivity index (χ0v) is 31.2. The van der Waals surface area contributed by atoms with E-state index in [-0.39, 0.29) is 0 Å². The highest BCUT2D eigenvalue weighted by Gasteiger charge is 2.20. The molecule has 0 amide bonds. The second kappa shape index (κ2) is 15.9. The highest BCUT2D eigenvalue weighted by Crippen LogP contribution is 2.38. The first-order chi connectivity index (χ1) is 26.8. The Balaban J connectivity index is 1.26. The molecular formula is C48H50N4O2. The fourth-order valence-corrected chi connectivity index (χ4v) is 8.88. The third-order valence-corrected chi connectivity index (χ3v) is 11.8. The fraction of sp³-hybridized carbons (Fsp3) is 0.333.